The Morgan fingerprint density at radius 2 is 1.92 bits per heavy atom. The SMILES string of the molecule is CCC(C[Si](OC)OC)NC(C)N. The second-order valence-corrected chi connectivity index (χ2v) is 5.01. The quantitative estimate of drug-likeness (QED) is 0.468. The summed E-state index contributed by atoms with van der Waals surface area (Å²) >= 11 is 0. The lowest BCUT2D eigenvalue weighted by atomic mass is 10.2. The summed E-state index contributed by atoms with van der Waals surface area (Å²) < 4.78 is 10.4. The Bertz CT molecular complexity index is 121. The first-order valence-corrected chi connectivity index (χ1v) is 6.11. The second-order valence-electron chi connectivity index (χ2n) is 3.04. The monoisotopic (exact) mass is 205 g/mol. The minimum Gasteiger partial charge on any atom is -0.397 e. The van der Waals surface area contributed by atoms with E-state index in [4.69, 9.17) is 14.6 Å². The second kappa shape index (κ2) is 7.46. The number of rotatable bonds is 7. The first kappa shape index (κ1) is 13.1. The van der Waals surface area contributed by atoms with E-state index in [0.29, 0.717) is 6.04 Å². The van der Waals surface area contributed by atoms with Crippen LogP contribution in [0.3, 0.4) is 0 Å². The molecule has 0 aromatic carbocycles. The maximum atomic E-state index is 5.65. The molecule has 0 saturated heterocycles. The topological polar surface area (TPSA) is 56.5 Å². The average molecular weight is 205 g/mol. The van der Waals surface area contributed by atoms with Crippen molar-refractivity contribution in [1.82, 2.24) is 5.32 Å². The van der Waals surface area contributed by atoms with Gasteiger partial charge >= 0.3 is 9.28 Å². The van der Waals surface area contributed by atoms with E-state index in [0.717, 1.165) is 12.5 Å². The van der Waals surface area contributed by atoms with E-state index in [1.807, 2.05) is 6.92 Å². The molecule has 0 spiro atoms. The molecule has 0 aliphatic carbocycles. The van der Waals surface area contributed by atoms with Crippen molar-refractivity contribution >= 4 is 9.28 Å². The molecule has 4 nitrogen and oxygen atoms in total. The molecular formula is C8H21N2O2Si. The Morgan fingerprint density at radius 3 is 2.23 bits per heavy atom. The zero-order valence-electron chi connectivity index (χ0n) is 8.96. The third-order valence-electron chi connectivity index (χ3n) is 1.86. The first-order valence-electron chi connectivity index (χ1n) is 4.59. The molecule has 2 atom stereocenters. The van der Waals surface area contributed by atoms with Gasteiger partial charge in [-0.1, -0.05) is 6.92 Å². The maximum Gasteiger partial charge on any atom is 0.385 e. The van der Waals surface area contributed by atoms with Crippen molar-refractivity contribution in [3.63, 3.8) is 0 Å². The third kappa shape index (κ3) is 6.17. The average Bonchev–Trinajstić information content (AvgIpc) is 2.11. The molecule has 5 heteroatoms. The number of nitrogens with two attached hydrogens (primary N) is 1. The van der Waals surface area contributed by atoms with Crippen LogP contribution in [0, 0.1) is 0 Å². The summed E-state index contributed by atoms with van der Waals surface area (Å²) in [7, 11) is 2.28. The van der Waals surface area contributed by atoms with Crippen molar-refractivity contribution in [3.8, 4) is 0 Å². The Balaban J connectivity index is 3.80. The van der Waals surface area contributed by atoms with Crippen LogP contribution in [-0.4, -0.2) is 35.7 Å². The molecule has 0 amide bonds. The van der Waals surface area contributed by atoms with Gasteiger partial charge in [0.1, 0.15) is 0 Å². The predicted octanol–water partition coefficient (Wildman–Crippen LogP) is 0.440. The Hall–Kier alpha value is 0.0569. The van der Waals surface area contributed by atoms with Crippen molar-refractivity contribution in [2.45, 2.75) is 38.5 Å². The maximum absolute atomic E-state index is 5.65. The zero-order chi connectivity index (χ0) is 10.3. The van der Waals surface area contributed by atoms with Gasteiger partial charge in [-0.05, 0) is 13.3 Å². The highest BCUT2D eigenvalue weighted by atomic mass is 28.3. The molecule has 0 saturated carbocycles. The fraction of sp³-hybridized carbons (Fsp3) is 1.00. The van der Waals surface area contributed by atoms with Crippen LogP contribution in [0.4, 0.5) is 0 Å². The van der Waals surface area contributed by atoms with Gasteiger partial charge in [0.25, 0.3) is 0 Å². The molecule has 0 bridgehead atoms. The Labute approximate surface area is 82.6 Å². The van der Waals surface area contributed by atoms with Crippen molar-refractivity contribution in [3.05, 3.63) is 0 Å². The van der Waals surface area contributed by atoms with Gasteiger partial charge in [-0.25, -0.2) is 0 Å². The largest absolute Gasteiger partial charge is 0.397 e. The Morgan fingerprint density at radius 1 is 1.38 bits per heavy atom. The van der Waals surface area contributed by atoms with Crippen molar-refractivity contribution in [2.75, 3.05) is 14.2 Å². The van der Waals surface area contributed by atoms with E-state index in [1.54, 1.807) is 14.2 Å². The van der Waals surface area contributed by atoms with Crippen LogP contribution in [0.25, 0.3) is 0 Å². The smallest absolute Gasteiger partial charge is 0.385 e. The van der Waals surface area contributed by atoms with Crippen molar-refractivity contribution in [1.29, 1.82) is 0 Å². The molecule has 3 N–H and O–H groups in total. The van der Waals surface area contributed by atoms with Gasteiger partial charge in [0.05, 0.1) is 6.17 Å². The van der Waals surface area contributed by atoms with E-state index in [-0.39, 0.29) is 6.17 Å². The van der Waals surface area contributed by atoms with E-state index < -0.39 is 9.28 Å². The summed E-state index contributed by atoms with van der Waals surface area (Å²) in [5.74, 6) is 0. The summed E-state index contributed by atoms with van der Waals surface area (Å²) in [5.41, 5.74) is 5.65. The van der Waals surface area contributed by atoms with Crippen LogP contribution in [0.2, 0.25) is 6.04 Å². The normalized spacial score (nSPS) is 16.2. The summed E-state index contributed by atoms with van der Waals surface area (Å²) in [6.07, 6.45) is 1.07. The number of hydrogen-bond donors (Lipinski definition) is 2. The Kier molecular flexibility index (Phi) is 7.49. The lowest BCUT2D eigenvalue weighted by molar-refractivity contribution is 0.269. The van der Waals surface area contributed by atoms with Crippen LogP contribution in [-0.2, 0) is 8.85 Å². The highest BCUT2D eigenvalue weighted by Gasteiger charge is 2.18. The van der Waals surface area contributed by atoms with E-state index in [9.17, 15) is 0 Å². The van der Waals surface area contributed by atoms with Crippen LogP contribution >= 0.6 is 0 Å². The van der Waals surface area contributed by atoms with E-state index in [1.165, 1.54) is 0 Å². The van der Waals surface area contributed by atoms with Gasteiger partial charge in [0, 0.05) is 26.3 Å². The molecule has 0 aliphatic rings. The van der Waals surface area contributed by atoms with Gasteiger partial charge in [0.15, 0.2) is 0 Å². The molecule has 1 radical (unpaired) electrons. The summed E-state index contributed by atoms with van der Waals surface area (Å²) in [4.78, 5) is 0. The highest BCUT2D eigenvalue weighted by molar-refractivity contribution is 6.44. The molecule has 0 fully saturated rings. The van der Waals surface area contributed by atoms with Crippen LogP contribution < -0.4 is 11.1 Å². The van der Waals surface area contributed by atoms with Crippen molar-refractivity contribution in [2.24, 2.45) is 5.73 Å². The molecule has 0 rings (SSSR count). The molecule has 0 aliphatic heterocycles. The first-order chi connectivity index (χ1) is 6.13. The van der Waals surface area contributed by atoms with E-state index >= 15 is 0 Å². The van der Waals surface area contributed by atoms with Gasteiger partial charge in [-0.2, -0.15) is 0 Å². The molecule has 13 heavy (non-hydrogen) atoms. The fourth-order valence-electron chi connectivity index (χ4n) is 1.14. The fourth-order valence-corrected chi connectivity index (χ4v) is 2.45. The van der Waals surface area contributed by atoms with Gasteiger partial charge in [0.2, 0.25) is 0 Å². The molecule has 2 unspecified atom stereocenters. The molecule has 0 heterocycles. The molecule has 0 aromatic heterocycles. The standard InChI is InChI=1S/C8H21N2O2Si/c1-5-8(10-7(2)9)6-13(11-3)12-4/h7-8,10H,5-6,9H2,1-4H3. The minimum atomic E-state index is -1.10. The lowest BCUT2D eigenvalue weighted by Crippen LogP contribution is -2.44. The van der Waals surface area contributed by atoms with Crippen LogP contribution in [0.15, 0.2) is 0 Å². The van der Waals surface area contributed by atoms with Crippen LogP contribution in [0.5, 0.6) is 0 Å². The minimum absolute atomic E-state index is 0.0295. The van der Waals surface area contributed by atoms with Crippen LogP contribution in [0.1, 0.15) is 20.3 Å². The van der Waals surface area contributed by atoms with Gasteiger partial charge < -0.3 is 14.6 Å². The molecule has 79 valence electrons. The molecular weight excluding hydrogens is 184 g/mol. The van der Waals surface area contributed by atoms with Gasteiger partial charge in [-0.15, -0.1) is 0 Å². The van der Waals surface area contributed by atoms with Crippen molar-refractivity contribution < 1.29 is 8.85 Å². The summed E-state index contributed by atoms with van der Waals surface area (Å²) in [6, 6.07) is 1.32. The lowest BCUT2D eigenvalue weighted by Gasteiger charge is -2.21. The summed E-state index contributed by atoms with van der Waals surface area (Å²) in [5, 5.41) is 3.27. The van der Waals surface area contributed by atoms with Gasteiger partial charge in [-0.3, -0.25) is 5.32 Å². The highest BCUT2D eigenvalue weighted by Crippen LogP contribution is 2.04. The van der Waals surface area contributed by atoms with E-state index in [2.05, 4.69) is 12.2 Å². The predicted molar refractivity (Wildman–Crippen MR) is 55.4 cm³/mol. The number of nitrogens with one attached hydrogen (secondary N) is 1. The third-order valence-corrected chi connectivity index (χ3v) is 3.60. The summed E-state index contributed by atoms with van der Waals surface area (Å²) in [6.45, 7) is 4.07. The molecule has 0 aromatic rings. The zero-order valence-corrected chi connectivity index (χ0v) is 9.96. The number of hydrogen-bond acceptors (Lipinski definition) is 4.